The summed E-state index contributed by atoms with van der Waals surface area (Å²) in [6.45, 7) is 3.83. The highest BCUT2D eigenvalue weighted by molar-refractivity contribution is 7.89. The van der Waals surface area contributed by atoms with Crippen LogP contribution < -0.4 is 9.73 Å². The summed E-state index contributed by atoms with van der Waals surface area (Å²) in [4.78, 5) is 11.8. The molecular formula is C12H15N3O3S. The molecule has 6 nitrogen and oxygen atoms in total. The van der Waals surface area contributed by atoms with E-state index < -0.39 is 10.0 Å². The van der Waals surface area contributed by atoms with Crippen molar-refractivity contribution < 1.29 is 13.2 Å². The van der Waals surface area contributed by atoms with Crippen molar-refractivity contribution in [2.24, 2.45) is 5.10 Å². The average molecular weight is 281 g/mol. The number of hydrazone groups is 1. The zero-order valence-electron chi connectivity index (χ0n) is 10.8. The number of hydrogen-bond acceptors (Lipinski definition) is 4. The van der Waals surface area contributed by atoms with Gasteiger partial charge < -0.3 is 0 Å². The summed E-state index contributed by atoms with van der Waals surface area (Å²) in [6, 6.07) is 6.07. The van der Waals surface area contributed by atoms with Gasteiger partial charge in [-0.1, -0.05) is 6.92 Å². The first-order valence-electron chi connectivity index (χ1n) is 5.91. The predicted octanol–water partition coefficient (Wildman–Crippen LogP) is 1.10. The van der Waals surface area contributed by atoms with Gasteiger partial charge in [0.05, 0.1) is 17.0 Å². The quantitative estimate of drug-likeness (QED) is 0.897. The molecule has 1 aliphatic heterocycles. The second-order valence-corrected chi connectivity index (χ2v) is 5.98. The lowest BCUT2D eigenvalue weighted by molar-refractivity contribution is -0.116. The third-order valence-electron chi connectivity index (χ3n) is 2.64. The van der Waals surface area contributed by atoms with Crippen LogP contribution in [0.1, 0.15) is 20.3 Å². The molecule has 0 aliphatic carbocycles. The van der Waals surface area contributed by atoms with Gasteiger partial charge in [-0.05, 0) is 31.2 Å². The largest absolute Gasteiger partial charge is 0.272 e. The maximum Gasteiger partial charge on any atom is 0.253 e. The Morgan fingerprint density at radius 2 is 1.95 bits per heavy atom. The fourth-order valence-corrected chi connectivity index (χ4v) is 2.84. The molecule has 1 heterocycles. The number of sulfonamides is 1. The van der Waals surface area contributed by atoms with Crippen molar-refractivity contribution in [3.63, 3.8) is 0 Å². The van der Waals surface area contributed by atoms with Crippen molar-refractivity contribution in [3.8, 4) is 0 Å². The minimum atomic E-state index is -3.46. The SMILES string of the molecule is CCNS(=O)(=O)c1ccc(N2N=C(C)CC2=O)cc1. The Kier molecular flexibility index (Phi) is 3.68. The summed E-state index contributed by atoms with van der Waals surface area (Å²) in [7, 11) is -3.46. The van der Waals surface area contributed by atoms with Crippen LogP contribution in [0.2, 0.25) is 0 Å². The van der Waals surface area contributed by atoms with Crippen LogP contribution in [0.5, 0.6) is 0 Å². The molecule has 0 saturated carbocycles. The van der Waals surface area contributed by atoms with Crippen molar-refractivity contribution in [1.29, 1.82) is 0 Å². The van der Waals surface area contributed by atoms with E-state index in [4.69, 9.17) is 0 Å². The second-order valence-electron chi connectivity index (χ2n) is 4.21. The van der Waals surface area contributed by atoms with Gasteiger partial charge in [0.15, 0.2) is 0 Å². The number of rotatable bonds is 4. The van der Waals surface area contributed by atoms with Crippen LogP contribution in [0.25, 0.3) is 0 Å². The maximum absolute atomic E-state index is 11.8. The van der Waals surface area contributed by atoms with Gasteiger partial charge in [0.2, 0.25) is 10.0 Å². The molecule has 0 spiro atoms. The molecule has 102 valence electrons. The summed E-state index contributed by atoms with van der Waals surface area (Å²) in [5, 5.41) is 5.39. The number of amides is 1. The van der Waals surface area contributed by atoms with Crippen LogP contribution in [0, 0.1) is 0 Å². The summed E-state index contributed by atoms with van der Waals surface area (Å²) in [5.41, 5.74) is 1.31. The molecule has 0 fully saturated rings. The first-order chi connectivity index (χ1) is 8.94. The molecule has 0 bridgehead atoms. The zero-order valence-corrected chi connectivity index (χ0v) is 11.6. The number of anilines is 1. The molecule has 2 rings (SSSR count). The van der Waals surface area contributed by atoms with Crippen LogP contribution in [-0.4, -0.2) is 26.6 Å². The van der Waals surface area contributed by atoms with E-state index in [2.05, 4.69) is 9.82 Å². The molecular weight excluding hydrogens is 266 g/mol. The third-order valence-corrected chi connectivity index (χ3v) is 4.20. The van der Waals surface area contributed by atoms with Crippen molar-refractivity contribution in [1.82, 2.24) is 4.72 Å². The minimum absolute atomic E-state index is 0.111. The van der Waals surface area contributed by atoms with Gasteiger partial charge >= 0.3 is 0 Å². The van der Waals surface area contributed by atoms with E-state index in [9.17, 15) is 13.2 Å². The Morgan fingerprint density at radius 1 is 1.32 bits per heavy atom. The van der Waals surface area contributed by atoms with Crippen LogP contribution >= 0.6 is 0 Å². The standard InChI is InChI=1S/C12H15N3O3S/c1-3-13-19(17,18)11-6-4-10(5-7-11)15-12(16)8-9(2)14-15/h4-7,13H,3,8H2,1-2H3. The van der Waals surface area contributed by atoms with Crippen LogP contribution in [0.15, 0.2) is 34.3 Å². The molecule has 1 aromatic rings. The van der Waals surface area contributed by atoms with Crippen molar-refractivity contribution in [2.45, 2.75) is 25.2 Å². The molecule has 0 atom stereocenters. The Balaban J connectivity index is 2.27. The third kappa shape index (κ3) is 2.82. The minimum Gasteiger partial charge on any atom is -0.272 e. The predicted molar refractivity (Wildman–Crippen MR) is 72.5 cm³/mol. The summed E-state index contributed by atoms with van der Waals surface area (Å²) < 4.78 is 25.9. The number of carbonyl (C=O) groups excluding carboxylic acids is 1. The fraction of sp³-hybridized carbons (Fsp3) is 0.333. The number of nitrogens with zero attached hydrogens (tertiary/aromatic N) is 2. The first kappa shape index (κ1) is 13.7. The van der Waals surface area contributed by atoms with E-state index in [1.165, 1.54) is 17.1 Å². The van der Waals surface area contributed by atoms with Gasteiger partial charge in [-0.15, -0.1) is 0 Å². The summed E-state index contributed by atoms with van der Waals surface area (Å²) in [5.74, 6) is -0.111. The Bertz CT molecular complexity index is 620. The molecule has 1 amide bonds. The van der Waals surface area contributed by atoms with E-state index in [-0.39, 0.29) is 10.8 Å². The van der Waals surface area contributed by atoms with E-state index in [0.717, 1.165) is 5.71 Å². The fourth-order valence-electron chi connectivity index (χ4n) is 1.80. The average Bonchev–Trinajstić information content (AvgIpc) is 2.68. The highest BCUT2D eigenvalue weighted by atomic mass is 32.2. The van der Waals surface area contributed by atoms with Crippen molar-refractivity contribution in [3.05, 3.63) is 24.3 Å². The topological polar surface area (TPSA) is 78.8 Å². The van der Waals surface area contributed by atoms with Crippen LogP contribution in [-0.2, 0) is 14.8 Å². The Morgan fingerprint density at radius 3 is 2.42 bits per heavy atom. The Labute approximate surface area is 112 Å². The lowest BCUT2D eigenvalue weighted by atomic mass is 10.3. The smallest absolute Gasteiger partial charge is 0.253 e. The normalized spacial score (nSPS) is 15.8. The van der Waals surface area contributed by atoms with E-state index in [1.807, 2.05) is 0 Å². The van der Waals surface area contributed by atoms with Crippen LogP contribution in [0.4, 0.5) is 5.69 Å². The number of benzene rings is 1. The van der Waals surface area contributed by atoms with Gasteiger partial charge in [-0.3, -0.25) is 4.79 Å². The Hall–Kier alpha value is -1.73. The molecule has 1 aliphatic rings. The number of hydrogen-bond donors (Lipinski definition) is 1. The van der Waals surface area contributed by atoms with E-state index in [0.29, 0.717) is 18.7 Å². The van der Waals surface area contributed by atoms with Gasteiger partial charge in [0, 0.05) is 12.3 Å². The first-order valence-corrected chi connectivity index (χ1v) is 7.39. The van der Waals surface area contributed by atoms with Gasteiger partial charge in [-0.2, -0.15) is 5.10 Å². The molecule has 0 saturated heterocycles. The van der Waals surface area contributed by atoms with Gasteiger partial charge in [0.25, 0.3) is 5.91 Å². The monoisotopic (exact) mass is 281 g/mol. The van der Waals surface area contributed by atoms with Crippen molar-refractivity contribution in [2.75, 3.05) is 11.6 Å². The van der Waals surface area contributed by atoms with Crippen molar-refractivity contribution >= 4 is 27.3 Å². The van der Waals surface area contributed by atoms with E-state index in [1.54, 1.807) is 26.0 Å². The van der Waals surface area contributed by atoms with Crippen LogP contribution in [0.3, 0.4) is 0 Å². The second kappa shape index (κ2) is 5.10. The molecule has 1 N–H and O–H groups in total. The number of carbonyl (C=O) groups is 1. The molecule has 1 aromatic carbocycles. The number of nitrogens with one attached hydrogen (secondary N) is 1. The van der Waals surface area contributed by atoms with Gasteiger partial charge in [0.1, 0.15) is 0 Å². The highest BCUT2D eigenvalue weighted by Crippen LogP contribution is 2.22. The maximum atomic E-state index is 11.8. The zero-order chi connectivity index (χ0) is 14.0. The van der Waals surface area contributed by atoms with E-state index >= 15 is 0 Å². The molecule has 19 heavy (non-hydrogen) atoms. The summed E-state index contributed by atoms with van der Waals surface area (Å²) in [6.07, 6.45) is 0.303. The molecule has 7 heteroatoms. The summed E-state index contributed by atoms with van der Waals surface area (Å²) >= 11 is 0. The molecule has 0 aromatic heterocycles. The molecule has 0 radical (unpaired) electrons. The van der Waals surface area contributed by atoms with Gasteiger partial charge in [-0.25, -0.2) is 18.1 Å². The molecule has 0 unspecified atom stereocenters. The highest BCUT2D eigenvalue weighted by Gasteiger charge is 2.23. The lowest BCUT2D eigenvalue weighted by Gasteiger charge is -2.12. The lowest BCUT2D eigenvalue weighted by Crippen LogP contribution is -2.23.